The van der Waals surface area contributed by atoms with Crippen LogP contribution in [0.2, 0.25) is 0 Å². The van der Waals surface area contributed by atoms with E-state index in [0.29, 0.717) is 0 Å². The minimum Gasteiger partial charge on any atom is -0.370 e. The van der Waals surface area contributed by atoms with Crippen molar-refractivity contribution in [1.82, 2.24) is 9.97 Å². The summed E-state index contributed by atoms with van der Waals surface area (Å²) in [5.41, 5.74) is 2.44. The van der Waals surface area contributed by atoms with Crippen molar-refractivity contribution in [3.63, 3.8) is 0 Å². The van der Waals surface area contributed by atoms with Crippen LogP contribution in [-0.4, -0.2) is 23.1 Å². The van der Waals surface area contributed by atoms with E-state index in [-0.39, 0.29) is 0 Å². The molecule has 2 aromatic rings. The lowest BCUT2D eigenvalue weighted by Crippen LogP contribution is -2.19. The zero-order valence-electron chi connectivity index (χ0n) is 12.6. The summed E-state index contributed by atoms with van der Waals surface area (Å²) in [5, 5.41) is 3.26. The molecule has 4 heteroatoms. The highest BCUT2D eigenvalue weighted by Crippen LogP contribution is 2.27. The number of hydrogen-bond acceptors (Lipinski definition) is 4. The number of benzene rings is 1. The van der Waals surface area contributed by atoms with Gasteiger partial charge in [-0.05, 0) is 39.3 Å². The molecule has 20 heavy (non-hydrogen) atoms. The fourth-order valence-electron chi connectivity index (χ4n) is 2.28. The average molecular weight is 270 g/mol. The fraction of sp³-hybridized carbons (Fsp3) is 0.375. The lowest BCUT2D eigenvalue weighted by molar-refractivity contribution is 0.944. The van der Waals surface area contributed by atoms with Crippen molar-refractivity contribution in [3.8, 4) is 0 Å². The van der Waals surface area contributed by atoms with Gasteiger partial charge in [-0.15, -0.1) is 0 Å². The van der Waals surface area contributed by atoms with Crippen LogP contribution in [-0.2, 0) is 0 Å². The molecule has 106 valence electrons. The highest BCUT2D eigenvalue weighted by molar-refractivity contribution is 5.65. The number of aromatic nitrogens is 2. The van der Waals surface area contributed by atoms with Crippen LogP contribution in [0.5, 0.6) is 0 Å². The largest absolute Gasteiger partial charge is 0.370 e. The molecular formula is C16H22N4. The minimum absolute atomic E-state index is 0.783. The lowest BCUT2D eigenvalue weighted by atomic mass is 10.2. The Labute approximate surface area is 120 Å². The quantitative estimate of drug-likeness (QED) is 0.899. The lowest BCUT2D eigenvalue weighted by Gasteiger charge is -2.24. The summed E-state index contributed by atoms with van der Waals surface area (Å²) in [5.74, 6) is 2.60. The first-order chi connectivity index (χ1) is 9.65. The van der Waals surface area contributed by atoms with Gasteiger partial charge in [-0.2, -0.15) is 0 Å². The number of anilines is 3. The maximum absolute atomic E-state index is 4.58. The van der Waals surface area contributed by atoms with Gasteiger partial charge in [0.1, 0.15) is 17.5 Å². The van der Waals surface area contributed by atoms with Crippen LogP contribution < -0.4 is 10.2 Å². The zero-order chi connectivity index (χ0) is 14.5. The molecule has 0 saturated heterocycles. The van der Waals surface area contributed by atoms with Gasteiger partial charge in [0.15, 0.2) is 0 Å². The molecule has 1 aromatic heterocycles. The molecule has 1 aromatic carbocycles. The summed E-state index contributed by atoms with van der Waals surface area (Å²) >= 11 is 0. The van der Waals surface area contributed by atoms with Crippen molar-refractivity contribution >= 4 is 17.3 Å². The summed E-state index contributed by atoms with van der Waals surface area (Å²) in [7, 11) is 0. The Balaban J connectivity index is 2.44. The Morgan fingerprint density at radius 3 is 2.50 bits per heavy atom. The van der Waals surface area contributed by atoms with E-state index < -0.39 is 0 Å². The molecule has 0 aliphatic heterocycles. The minimum atomic E-state index is 0.783. The number of nitrogens with one attached hydrogen (secondary N) is 1. The summed E-state index contributed by atoms with van der Waals surface area (Å²) in [4.78, 5) is 11.2. The average Bonchev–Trinajstić information content (AvgIpc) is 2.41. The first-order valence-electron chi connectivity index (χ1n) is 7.08. The molecule has 0 aliphatic carbocycles. The topological polar surface area (TPSA) is 41.0 Å². The van der Waals surface area contributed by atoms with Gasteiger partial charge in [-0.25, -0.2) is 9.97 Å². The summed E-state index contributed by atoms with van der Waals surface area (Å²) in [6, 6.07) is 10.4. The van der Waals surface area contributed by atoms with E-state index in [1.54, 1.807) is 0 Å². The van der Waals surface area contributed by atoms with Gasteiger partial charge in [-0.3, -0.25) is 0 Å². The third-order valence-corrected chi connectivity index (χ3v) is 3.18. The standard InChI is InChI=1S/C16H22N4/c1-5-17-15-11-16(19-13(4)18-15)20(6-2)14-10-8-7-9-12(14)3/h7-11H,5-6H2,1-4H3,(H,17,18,19). The maximum Gasteiger partial charge on any atom is 0.138 e. The van der Waals surface area contributed by atoms with Crippen LogP contribution >= 0.6 is 0 Å². The summed E-state index contributed by atoms with van der Waals surface area (Å²) in [6.07, 6.45) is 0. The molecule has 1 N–H and O–H groups in total. The van der Waals surface area contributed by atoms with Crippen molar-refractivity contribution < 1.29 is 0 Å². The van der Waals surface area contributed by atoms with Crippen LogP contribution in [0.1, 0.15) is 25.2 Å². The van der Waals surface area contributed by atoms with Gasteiger partial charge >= 0.3 is 0 Å². The predicted octanol–water partition coefficient (Wildman–Crippen LogP) is 3.68. The van der Waals surface area contributed by atoms with Gasteiger partial charge in [0.25, 0.3) is 0 Å². The number of hydrogen-bond donors (Lipinski definition) is 1. The van der Waals surface area contributed by atoms with Gasteiger partial charge in [0, 0.05) is 24.8 Å². The van der Waals surface area contributed by atoms with E-state index in [9.17, 15) is 0 Å². The van der Waals surface area contributed by atoms with E-state index in [1.807, 2.05) is 13.0 Å². The SMILES string of the molecule is CCNc1cc(N(CC)c2ccccc2C)nc(C)n1. The number of aryl methyl sites for hydroxylation is 2. The summed E-state index contributed by atoms with van der Waals surface area (Å²) < 4.78 is 0. The Morgan fingerprint density at radius 2 is 1.85 bits per heavy atom. The second-order valence-electron chi connectivity index (χ2n) is 4.72. The van der Waals surface area contributed by atoms with Crippen LogP contribution in [0.15, 0.2) is 30.3 Å². The molecule has 0 radical (unpaired) electrons. The molecule has 2 rings (SSSR count). The third kappa shape index (κ3) is 3.07. The van der Waals surface area contributed by atoms with Crippen molar-refractivity contribution in [1.29, 1.82) is 0 Å². The zero-order valence-corrected chi connectivity index (χ0v) is 12.6. The van der Waals surface area contributed by atoms with Gasteiger partial charge in [-0.1, -0.05) is 18.2 Å². The van der Waals surface area contributed by atoms with E-state index in [4.69, 9.17) is 0 Å². The molecule has 0 unspecified atom stereocenters. The van der Waals surface area contributed by atoms with Gasteiger partial charge < -0.3 is 10.2 Å². The summed E-state index contributed by atoms with van der Waals surface area (Å²) in [6.45, 7) is 9.97. The number of nitrogens with zero attached hydrogens (tertiary/aromatic N) is 3. The molecule has 0 fully saturated rings. The first-order valence-corrected chi connectivity index (χ1v) is 7.08. The number of rotatable bonds is 5. The normalized spacial score (nSPS) is 10.4. The van der Waals surface area contributed by atoms with Gasteiger partial charge in [0.2, 0.25) is 0 Å². The van der Waals surface area contributed by atoms with Crippen molar-refractivity contribution in [3.05, 3.63) is 41.7 Å². The van der Waals surface area contributed by atoms with E-state index in [0.717, 1.165) is 30.5 Å². The molecule has 0 spiro atoms. The molecular weight excluding hydrogens is 248 g/mol. The van der Waals surface area contributed by atoms with Crippen molar-refractivity contribution in [2.24, 2.45) is 0 Å². The third-order valence-electron chi connectivity index (χ3n) is 3.18. The molecule has 0 bridgehead atoms. The second-order valence-corrected chi connectivity index (χ2v) is 4.72. The fourth-order valence-corrected chi connectivity index (χ4v) is 2.28. The molecule has 1 heterocycles. The molecule has 0 saturated carbocycles. The van der Waals surface area contributed by atoms with Crippen LogP contribution in [0.25, 0.3) is 0 Å². The molecule has 0 amide bonds. The van der Waals surface area contributed by atoms with E-state index >= 15 is 0 Å². The van der Waals surface area contributed by atoms with Crippen molar-refractivity contribution in [2.45, 2.75) is 27.7 Å². The Bertz CT molecular complexity index is 580. The van der Waals surface area contributed by atoms with Crippen LogP contribution in [0.4, 0.5) is 17.3 Å². The number of para-hydroxylation sites is 1. The van der Waals surface area contributed by atoms with E-state index in [1.165, 1.54) is 11.3 Å². The maximum atomic E-state index is 4.58. The Morgan fingerprint density at radius 1 is 1.10 bits per heavy atom. The second kappa shape index (κ2) is 6.37. The molecule has 0 aliphatic rings. The Hall–Kier alpha value is -2.10. The van der Waals surface area contributed by atoms with Crippen LogP contribution in [0, 0.1) is 13.8 Å². The van der Waals surface area contributed by atoms with Crippen molar-refractivity contribution in [2.75, 3.05) is 23.3 Å². The predicted molar refractivity (Wildman–Crippen MR) is 84.8 cm³/mol. The van der Waals surface area contributed by atoms with E-state index in [2.05, 4.69) is 65.2 Å². The molecule has 4 nitrogen and oxygen atoms in total. The highest BCUT2D eigenvalue weighted by atomic mass is 15.2. The monoisotopic (exact) mass is 270 g/mol. The van der Waals surface area contributed by atoms with Gasteiger partial charge in [0.05, 0.1) is 0 Å². The van der Waals surface area contributed by atoms with Crippen LogP contribution in [0.3, 0.4) is 0 Å². The highest BCUT2D eigenvalue weighted by Gasteiger charge is 2.12. The smallest absolute Gasteiger partial charge is 0.138 e. The Kier molecular flexibility index (Phi) is 4.56. The first kappa shape index (κ1) is 14.3. The molecule has 0 atom stereocenters.